The van der Waals surface area contributed by atoms with E-state index >= 15 is 0 Å². The first kappa shape index (κ1) is 18.7. The van der Waals surface area contributed by atoms with Gasteiger partial charge in [-0.1, -0.05) is 49.7 Å². The molecule has 0 spiro atoms. The van der Waals surface area contributed by atoms with Crippen LogP contribution in [0.1, 0.15) is 32.6 Å². The molecule has 0 aliphatic heterocycles. The van der Waals surface area contributed by atoms with Gasteiger partial charge in [-0.3, -0.25) is 9.59 Å². The fraction of sp³-hybridized carbons (Fsp3) is 0.400. The summed E-state index contributed by atoms with van der Waals surface area (Å²) in [6, 6.07) is 9.78. The number of benzene rings is 1. The highest BCUT2D eigenvalue weighted by Gasteiger charge is 2.23. The summed E-state index contributed by atoms with van der Waals surface area (Å²) in [5, 5.41) is 8.26. The first-order valence-electron chi connectivity index (χ1n) is 9.57. The Hall–Kier alpha value is -2.61. The number of aromatic nitrogens is 4. The van der Waals surface area contributed by atoms with Crippen molar-refractivity contribution in [3.8, 4) is 5.69 Å². The van der Waals surface area contributed by atoms with Gasteiger partial charge in [-0.25, -0.2) is 9.67 Å². The Morgan fingerprint density at radius 2 is 2.07 bits per heavy atom. The number of nitrogens with one attached hydrogen (secondary N) is 2. The van der Waals surface area contributed by atoms with Gasteiger partial charge < -0.3 is 10.3 Å². The first-order valence-corrected chi connectivity index (χ1v) is 10.6. The van der Waals surface area contributed by atoms with E-state index in [1.165, 1.54) is 24.4 Å². The number of hydrogen-bond donors (Lipinski definition) is 2. The van der Waals surface area contributed by atoms with E-state index in [0.717, 1.165) is 24.9 Å². The Morgan fingerprint density at radius 3 is 2.86 bits per heavy atom. The van der Waals surface area contributed by atoms with E-state index in [2.05, 4.69) is 27.3 Å². The minimum absolute atomic E-state index is 0.0249. The minimum atomic E-state index is -0.254. The average Bonchev–Trinajstić information content (AvgIpc) is 3.13. The van der Waals surface area contributed by atoms with Gasteiger partial charge in [0, 0.05) is 6.04 Å². The zero-order valence-electron chi connectivity index (χ0n) is 15.7. The zero-order valence-corrected chi connectivity index (χ0v) is 16.5. The maximum Gasteiger partial charge on any atom is 0.262 e. The number of nitrogens with zero attached hydrogens (tertiary/aromatic N) is 3. The molecule has 1 aromatic carbocycles. The maximum absolute atomic E-state index is 12.4. The smallest absolute Gasteiger partial charge is 0.262 e. The number of rotatable bonds is 5. The second-order valence-corrected chi connectivity index (χ2v) is 8.19. The van der Waals surface area contributed by atoms with Crippen LogP contribution in [0.25, 0.3) is 16.7 Å². The van der Waals surface area contributed by atoms with Crippen molar-refractivity contribution in [2.45, 2.75) is 43.8 Å². The SMILES string of the molecule is CC1CCCCC1NC(=O)CSc1nc2c(cnn2-c2ccccc2)c(=O)[nH]1. The van der Waals surface area contributed by atoms with Gasteiger partial charge in [-0.05, 0) is 30.9 Å². The van der Waals surface area contributed by atoms with Crippen LogP contribution >= 0.6 is 11.8 Å². The molecule has 2 aromatic heterocycles. The van der Waals surface area contributed by atoms with E-state index in [1.54, 1.807) is 4.68 Å². The number of H-pyrrole nitrogens is 1. The molecule has 8 heteroatoms. The third-order valence-electron chi connectivity index (χ3n) is 5.21. The average molecular weight is 398 g/mol. The standard InChI is InChI=1S/C20H23N5O2S/c1-13-7-5-6-10-16(13)22-17(26)12-28-20-23-18-15(19(27)24-20)11-21-25(18)14-8-3-2-4-9-14/h2-4,8-9,11,13,16H,5-7,10,12H2,1H3,(H,22,26)(H,23,24,27). The number of aromatic amines is 1. The Kier molecular flexibility index (Phi) is 5.47. The van der Waals surface area contributed by atoms with E-state index in [1.807, 2.05) is 30.3 Å². The monoisotopic (exact) mass is 397 g/mol. The van der Waals surface area contributed by atoms with E-state index in [-0.39, 0.29) is 23.3 Å². The summed E-state index contributed by atoms with van der Waals surface area (Å²) >= 11 is 1.23. The van der Waals surface area contributed by atoms with Crippen molar-refractivity contribution in [3.05, 3.63) is 46.9 Å². The first-order chi connectivity index (χ1) is 13.6. The van der Waals surface area contributed by atoms with E-state index in [4.69, 9.17) is 0 Å². The fourth-order valence-electron chi connectivity index (χ4n) is 3.64. The van der Waals surface area contributed by atoms with Gasteiger partial charge in [0.2, 0.25) is 5.91 Å². The molecule has 7 nitrogen and oxygen atoms in total. The van der Waals surface area contributed by atoms with Crippen molar-refractivity contribution in [1.82, 2.24) is 25.1 Å². The fourth-order valence-corrected chi connectivity index (χ4v) is 4.30. The van der Waals surface area contributed by atoms with Crippen molar-refractivity contribution in [1.29, 1.82) is 0 Å². The molecule has 1 amide bonds. The second-order valence-electron chi connectivity index (χ2n) is 7.22. The van der Waals surface area contributed by atoms with Crippen LogP contribution in [0.3, 0.4) is 0 Å². The summed E-state index contributed by atoms with van der Waals surface area (Å²) in [6.07, 6.45) is 6.11. The molecule has 3 aromatic rings. The van der Waals surface area contributed by atoms with E-state index in [9.17, 15) is 9.59 Å². The number of para-hydroxylation sites is 1. The number of carbonyl (C=O) groups excluding carboxylic acids is 1. The molecule has 2 atom stereocenters. The molecule has 1 aliphatic rings. The summed E-state index contributed by atoms with van der Waals surface area (Å²) in [5.41, 5.74) is 1.06. The van der Waals surface area contributed by atoms with Crippen molar-refractivity contribution >= 4 is 28.7 Å². The summed E-state index contributed by atoms with van der Waals surface area (Å²) in [7, 11) is 0. The molecule has 4 rings (SSSR count). The maximum atomic E-state index is 12.4. The molecule has 1 fully saturated rings. The molecule has 0 saturated heterocycles. The summed E-state index contributed by atoms with van der Waals surface area (Å²) in [4.78, 5) is 32.0. The molecule has 2 unspecified atom stereocenters. The lowest BCUT2D eigenvalue weighted by Gasteiger charge is -2.29. The van der Waals surface area contributed by atoms with Crippen LogP contribution in [0.4, 0.5) is 0 Å². The molecule has 0 bridgehead atoms. The Balaban J connectivity index is 1.50. The normalized spacial score (nSPS) is 19.6. The van der Waals surface area contributed by atoms with Gasteiger partial charge in [-0.15, -0.1) is 0 Å². The van der Waals surface area contributed by atoms with Gasteiger partial charge in [0.05, 0.1) is 17.6 Å². The van der Waals surface area contributed by atoms with Crippen LogP contribution in [-0.2, 0) is 4.79 Å². The lowest BCUT2D eigenvalue weighted by atomic mass is 9.86. The largest absolute Gasteiger partial charge is 0.352 e. The molecular formula is C20H23N5O2S. The zero-order chi connectivity index (χ0) is 19.5. The van der Waals surface area contributed by atoms with Crippen molar-refractivity contribution in [2.24, 2.45) is 5.92 Å². The Bertz CT molecular complexity index is 1030. The second kappa shape index (κ2) is 8.18. The Morgan fingerprint density at radius 1 is 1.29 bits per heavy atom. The van der Waals surface area contributed by atoms with E-state index in [0.29, 0.717) is 22.1 Å². The third-order valence-corrected chi connectivity index (χ3v) is 6.09. The van der Waals surface area contributed by atoms with Gasteiger partial charge in [-0.2, -0.15) is 5.10 Å². The number of thioether (sulfide) groups is 1. The highest BCUT2D eigenvalue weighted by molar-refractivity contribution is 7.99. The number of hydrogen-bond acceptors (Lipinski definition) is 5. The van der Waals surface area contributed by atoms with Crippen LogP contribution in [-0.4, -0.2) is 37.5 Å². The number of fused-ring (bicyclic) bond motifs is 1. The topological polar surface area (TPSA) is 92.7 Å². The summed E-state index contributed by atoms with van der Waals surface area (Å²) in [6.45, 7) is 2.19. The van der Waals surface area contributed by atoms with Crippen LogP contribution in [0, 0.1) is 5.92 Å². The summed E-state index contributed by atoms with van der Waals surface area (Å²) in [5.74, 6) is 0.706. The minimum Gasteiger partial charge on any atom is -0.352 e. The van der Waals surface area contributed by atoms with Crippen LogP contribution in [0.5, 0.6) is 0 Å². The molecule has 2 N–H and O–H groups in total. The predicted molar refractivity (Wildman–Crippen MR) is 110 cm³/mol. The van der Waals surface area contributed by atoms with E-state index < -0.39 is 0 Å². The van der Waals surface area contributed by atoms with Crippen molar-refractivity contribution in [3.63, 3.8) is 0 Å². The number of carbonyl (C=O) groups is 1. The molecule has 28 heavy (non-hydrogen) atoms. The predicted octanol–water partition coefficient (Wildman–Crippen LogP) is 2.90. The summed E-state index contributed by atoms with van der Waals surface area (Å²) < 4.78 is 1.64. The molecule has 2 heterocycles. The molecule has 1 aliphatic carbocycles. The van der Waals surface area contributed by atoms with Crippen molar-refractivity contribution < 1.29 is 4.79 Å². The lowest BCUT2D eigenvalue weighted by molar-refractivity contribution is -0.119. The Labute approximate surface area is 166 Å². The van der Waals surface area contributed by atoms with Crippen molar-refractivity contribution in [2.75, 3.05) is 5.75 Å². The molecule has 0 radical (unpaired) electrons. The van der Waals surface area contributed by atoms with Gasteiger partial charge in [0.25, 0.3) is 5.56 Å². The number of amides is 1. The lowest BCUT2D eigenvalue weighted by Crippen LogP contribution is -2.41. The van der Waals surface area contributed by atoms with Crippen LogP contribution in [0.15, 0.2) is 46.5 Å². The highest BCUT2D eigenvalue weighted by Crippen LogP contribution is 2.24. The van der Waals surface area contributed by atoms with Gasteiger partial charge in [0.1, 0.15) is 5.39 Å². The van der Waals surface area contributed by atoms with Crippen LogP contribution < -0.4 is 10.9 Å². The van der Waals surface area contributed by atoms with Crippen LogP contribution in [0.2, 0.25) is 0 Å². The molecule has 146 valence electrons. The van der Waals surface area contributed by atoms with Gasteiger partial charge in [0.15, 0.2) is 10.8 Å². The highest BCUT2D eigenvalue weighted by atomic mass is 32.2. The third kappa shape index (κ3) is 3.96. The molecular weight excluding hydrogens is 374 g/mol. The molecule has 1 saturated carbocycles. The van der Waals surface area contributed by atoms with Gasteiger partial charge >= 0.3 is 0 Å². The quantitative estimate of drug-likeness (QED) is 0.510.